The molecule has 0 radical (unpaired) electrons. The number of methoxy groups -OCH3 is 1. The van der Waals surface area contributed by atoms with Gasteiger partial charge in [-0.25, -0.2) is 4.98 Å². The highest BCUT2D eigenvalue weighted by molar-refractivity contribution is 9.11. The van der Waals surface area contributed by atoms with Crippen molar-refractivity contribution in [1.82, 2.24) is 4.98 Å². The van der Waals surface area contributed by atoms with E-state index in [1.165, 1.54) is 0 Å². The van der Waals surface area contributed by atoms with Gasteiger partial charge in [-0.05, 0) is 51.3 Å². The average molecular weight is 366 g/mol. The summed E-state index contributed by atoms with van der Waals surface area (Å²) in [5.41, 5.74) is 0. The first kappa shape index (κ1) is 14.9. The summed E-state index contributed by atoms with van der Waals surface area (Å²) >= 11 is 6.98. The minimum Gasteiger partial charge on any atom is -0.383 e. The number of rotatable bonds is 6. The summed E-state index contributed by atoms with van der Waals surface area (Å²) < 4.78 is 7.14. The fourth-order valence-corrected chi connectivity index (χ4v) is 2.78. The summed E-state index contributed by atoms with van der Waals surface area (Å²) in [5.74, 6) is 0.972. The van der Waals surface area contributed by atoms with Gasteiger partial charge in [0.25, 0.3) is 0 Å². The molecule has 0 aliphatic rings. The molecular formula is C12H18Br2N2O. The molecule has 0 N–H and O–H groups in total. The van der Waals surface area contributed by atoms with Crippen LogP contribution in [0.5, 0.6) is 0 Å². The van der Waals surface area contributed by atoms with Gasteiger partial charge < -0.3 is 9.64 Å². The lowest BCUT2D eigenvalue weighted by Gasteiger charge is -2.30. The van der Waals surface area contributed by atoms with Crippen LogP contribution in [-0.2, 0) is 4.74 Å². The predicted molar refractivity (Wildman–Crippen MR) is 78.6 cm³/mol. The summed E-state index contributed by atoms with van der Waals surface area (Å²) in [6.07, 6.45) is 2.90. The first-order valence-corrected chi connectivity index (χ1v) is 7.25. The van der Waals surface area contributed by atoms with Crippen molar-refractivity contribution in [3.05, 3.63) is 21.2 Å². The van der Waals surface area contributed by atoms with Gasteiger partial charge in [0.2, 0.25) is 0 Å². The number of hydrogen-bond acceptors (Lipinski definition) is 3. The van der Waals surface area contributed by atoms with Crippen LogP contribution in [0, 0.1) is 0 Å². The van der Waals surface area contributed by atoms with Gasteiger partial charge in [-0.15, -0.1) is 0 Å². The van der Waals surface area contributed by atoms with Crippen molar-refractivity contribution >= 4 is 37.7 Å². The predicted octanol–water partition coefficient (Wildman–Crippen LogP) is 3.86. The molecular weight excluding hydrogens is 348 g/mol. The number of anilines is 1. The fraction of sp³-hybridized carbons (Fsp3) is 0.583. The van der Waals surface area contributed by atoms with Crippen molar-refractivity contribution in [3.63, 3.8) is 0 Å². The Kier molecular flexibility index (Phi) is 6.44. The minimum atomic E-state index is 0.440. The van der Waals surface area contributed by atoms with Gasteiger partial charge in [-0.3, -0.25) is 0 Å². The normalized spacial score (nSPS) is 12.5. The molecule has 17 heavy (non-hydrogen) atoms. The third-order valence-electron chi connectivity index (χ3n) is 2.72. The summed E-state index contributed by atoms with van der Waals surface area (Å²) in [6.45, 7) is 5.93. The van der Waals surface area contributed by atoms with E-state index in [4.69, 9.17) is 4.74 Å². The highest BCUT2D eigenvalue weighted by Gasteiger charge is 2.16. The third kappa shape index (κ3) is 4.23. The highest BCUT2D eigenvalue weighted by atomic mass is 79.9. The van der Waals surface area contributed by atoms with Gasteiger partial charge in [0.15, 0.2) is 0 Å². The van der Waals surface area contributed by atoms with Gasteiger partial charge in [0, 0.05) is 30.4 Å². The number of aromatic nitrogens is 1. The van der Waals surface area contributed by atoms with Crippen LogP contribution in [0.1, 0.15) is 20.3 Å². The van der Waals surface area contributed by atoms with Crippen molar-refractivity contribution in [2.75, 3.05) is 25.2 Å². The Balaban J connectivity index is 2.95. The monoisotopic (exact) mass is 364 g/mol. The second kappa shape index (κ2) is 7.34. The molecule has 1 unspecified atom stereocenters. The van der Waals surface area contributed by atoms with Gasteiger partial charge in [-0.1, -0.05) is 6.92 Å². The van der Waals surface area contributed by atoms with E-state index in [9.17, 15) is 0 Å². The molecule has 0 saturated carbocycles. The second-order valence-corrected chi connectivity index (χ2v) is 5.67. The Morgan fingerprint density at radius 2 is 2.18 bits per heavy atom. The van der Waals surface area contributed by atoms with Crippen LogP contribution in [0.4, 0.5) is 5.82 Å². The van der Waals surface area contributed by atoms with Crippen molar-refractivity contribution in [2.45, 2.75) is 26.3 Å². The van der Waals surface area contributed by atoms with Gasteiger partial charge >= 0.3 is 0 Å². The molecule has 96 valence electrons. The zero-order chi connectivity index (χ0) is 12.8. The van der Waals surface area contributed by atoms with Crippen molar-refractivity contribution < 1.29 is 4.74 Å². The lowest BCUT2D eigenvalue weighted by Crippen LogP contribution is -2.36. The smallest absolute Gasteiger partial charge is 0.143 e. The zero-order valence-corrected chi connectivity index (χ0v) is 13.6. The third-order valence-corrected chi connectivity index (χ3v) is 3.74. The number of nitrogens with zero attached hydrogens (tertiary/aromatic N) is 2. The fourth-order valence-electron chi connectivity index (χ4n) is 1.56. The van der Waals surface area contributed by atoms with Crippen LogP contribution < -0.4 is 4.90 Å². The van der Waals surface area contributed by atoms with E-state index in [1.54, 1.807) is 7.11 Å². The lowest BCUT2D eigenvalue weighted by molar-refractivity contribution is 0.203. The molecule has 1 aromatic rings. The van der Waals surface area contributed by atoms with E-state index in [0.717, 1.165) is 27.7 Å². The molecule has 5 heteroatoms. The Bertz CT molecular complexity index is 360. The maximum atomic E-state index is 5.16. The van der Waals surface area contributed by atoms with Gasteiger partial charge in [-0.2, -0.15) is 0 Å². The second-order valence-electron chi connectivity index (χ2n) is 3.90. The first-order valence-electron chi connectivity index (χ1n) is 5.66. The molecule has 0 aliphatic carbocycles. The van der Waals surface area contributed by atoms with E-state index in [-0.39, 0.29) is 0 Å². The maximum Gasteiger partial charge on any atom is 0.143 e. The molecule has 1 aromatic heterocycles. The quantitative estimate of drug-likeness (QED) is 0.765. The van der Waals surface area contributed by atoms with Crippen molar-refractivity contribution in [1.29, 1.82) is 0 Å². The molecule has 0 fully saturated rings. The summed E-state index contributed by atoms with van der Waals surface area (Å²) in [6, 6.07) is 2.46. The molecule has 0 saturated heterocycles. The molecule has 0 bridgehead atoms. The standard InChI is InChI=1S/C12H18Br2N2O/c1-4-9(2)16(5-6-17-3)12-11(14)7-10(13)8-15-12/h7-9H,4-6H2,1-3H3. The van der Waals surface area contributed by atoms with E-state index in [1.807, 2.05) is 12.3 Å². The maximum absolute atomic E-state index is 5.16. The Morgan fingerprint density at radius 1 is 1.47 bits per heavy atom. The topological polar surface area (TPSA) is 25.4 Å². The molecule has 0 aliphatic heterocycles. The number of ether oxygens (including phenoxy) is 1. The highest BCUT2D eigenvalue weighted by Crippen LogP contribution is 2.28. The van der Waals surface area contributed by atoms with Crippen LogP contribution in [0.2, 0.25) is 0 Å². The van der Waals surface area contributed by atoms with E-state index < -0.39 is 0 Å². The molecule has 1 rings (SSSR count). The number of hydrogen-bond donors (Lipinski definition) is 0. The molecule has 0 amide bonds. The van der Waals surface area contributed by atoms with Crippen molar-refractivity contribution in [2.24, 2.45) is 0 Å². The Labute approximate surface area is 120 Å². The SMILES string of the molecule is CCC(C)N(CCOC)c1ncc(Br)cc1Br. The first-order chi connectivity index (χ1) is 8.10. The molecule has 1 atom stereocenters. The van der Waals surface area contributed by atoms with E-state index >= 15 is 0 Å². The van der Waals surface area contributed by atoms with Crippen LogP contribution in [0.15, 0.2) is 21.2 Å². The molecule has 0 aromatic carbocycles. The van der Waals surface area contributed by atoms with Crippen LogP contribution in [0.25, 0.3) is 0 Å². The summed E-state index contributed by atoms with van der Waals surface area (Å²) in [5, 5.41) is 0. The summed E-state index contributed by atoms with van der Waals surface area (Å²) in [4.78, 5) is 6.74. The van der Waals surface area contributed by atoms with Crippen LogP contribution >= 0.6 is 31.9 Å². The van der Waals surface area contributed by atoms with Gasteiger partial charge in [0.1, 0.15) is 5.82 Å². The number of pyridine rings is 1. The zero-order valence-electron chi connectivity index (χ0n) is 10.4. The largest absolute Gasteiger partial charge is 0.383 e. The molecule has 1 heterocycles. The minimum absolute atomic E-state index is 0.440. The average Bonchev–Trinajstić information content (AvgIpc) is 2.31. The Hall–Kier alpha value is -0.130. The van der Waals surface area contributed by atoms with Crippen LogP contribution in [-0.4, -0.2) is 31.3 Å². The van der Waals surface area contributed by atoms with Crippen molar-refractivity contribution in [3.8, 4) is 0 Å². The van der Waals surface area contributed by atoms with E-state index in [0.29, 0.717) is 12.6 Å². The molecule has 3 nitrogen and oxygen atoms in total. The lowest BCUT2D eigenvalue weighted by atomic mass is 10.2. The molecule has 0 spiro atoms. The Morgan fingerprint density at radius 3 is 2.71 bits per heavy atom. The van der Waals surface area contributed by atoms with Gasteiger partial charge in [0.05, 0.1) is 11.1 Å². The van der Waals surface area contributed by atoms with E-state index in [2.05, 4.69) is 55.6 Å². The van der Waals surface area contributed by atoms with Crippen LogP contribution in [0.3, 0.4) is 0 Å². The summed E-state index contributed by atoms with van der Waals surface area (Å²) in [7, 11) is 1.72. The number of halogens is 2.